The lowest BCUT2D eigenvalue weighted by Gasteiger charge is -2.42. The van der Waals surface area contributed by atoms with Gasteiger partial charge in [-0.1, -0.05) is 18.6 Å². The minimum Gasteiger partial charge on any atom is -0.336 e. The second-order valence-corrected chi connectivity index (χ2v) is 8.72. The summed E-state index contributed by atoms with van der Waals surface area (Å²) < 4.78 is 0. The number of hydrogen-bond donors (Lipinski definition) is 0. The lowest BCUT2D eigenvalue weighted by molar-refractivity contribution is 0.0455. The van der Waals surface area contributed by atoms with Crippen molar-refractivity contribution in [2.75, 3.05) is 50.8 Å². The molecule has 0 bridgehead atoms. The largest absolute Gasteiger partial charge is 0.336 e. The molecule has 0 radical (unpaired) electrons. The van der Waals surface area contributed by atoms with Gasteiger partial charge in [-0.25, -0.2) is 0 Å². The Morgan fingerprint density at radius 1 is 0.960 bits per heavy atom. The highest BCUT2D eigenvalue weighted by Crippen LogP contribution is 2.25. The smallest absolute Gasteiger partial charge is 0.253 e. The minimum absolute atomic E-state index is 0.203. The lowest BCUT2D eigenvalue weighted by atomic mass is 9.91. The summed E-state index contributed by atoms with van der Waals surface area (Å²) in [7, 11) is 0. The number of amides is 1. The highest BCUT2D eigenvalue weighted by molar-refractivity contribution is 7.99. The van der Waals surface area contributed by atoms with Crippen LogP contribution in [0.1, 0.15) is 35.2 Å². The average molecular weight is 360 g/mol. The molecule has 136 valence electrons. The first-order chi connectivity index (χ1) is 12.3. The van der Waals surface area contributed by atoms with Crippen molar-refractivity contribution in [1.82, 2.24) is 14.7 Å². The van der Waals surface area contributed by atoms with Gasteiger partial charge in [-0.3, -0.25) is 14.6 Å². The molecule has 4 rings (SSSR count). The zero-order valence-corrected chi connectivity index (χ0v) is 15.8. The van der Waals surface area contributed by atoms with E-state index in [0.717, 1.165) is 44.3 Å². The van der Waals surface area contributed by atoms with E-state index < -0.39 is 0 Å². The van der Waals surface area contributed by atoms with Gasteiger partial charge in [0.15, 0.2) is 0 Å². The van der Waals surface area contributed by atoms with E-state index in [1.165, 1.54) is 49.4 Å². The monoisotopic (exact) mass is 359 g/mol. The fourth-order valence-electron chi connectivity index (χ4n) is 3.99. The van der Waals surface area contributed by atoms with Crippen LogP contribution in [0, 0.1) is 0 Å². The van der Waals surface area contributed by atoms with Crippen LogP contribution in [0.4, 0.5) is 0 Å². The van der Waals surface area contributed by atoms with Crippen molar-refractivity contribution in [1.29, 1.82) is 0 Å². The summed E-state index contributed by atoms with van der Waals surface area (Å²) >= 11 is 2.04. The van der Waals surface area contributed by atoms with Crippen molar-refractivity contribution in [3.63, 3.8) is 0 Å². The topological polar surface area (TPSA) is 26.8 Å². The Kier molecular flexibility index (Phi) is 5.63. The van der Waals surface area contributed by atoms with E-state index in [9.17, 15) is 4.79 Å². The molecule has 2 saturated heterocycles. The predicted molar refractivity (Wildman–Crippen MR) is 104 cm³/mol. The average Bonchev–Trinajstić information content (AvgIpc) is 2.62. The van der Waals surface area contributed by atoms with E-state index in [0.29, 0.717) is 0 Å². The number of carbonyl (C=O) groups is 1. The Bertz CT molecular complexity index is 573. The first-order valence-electron chi connectivity index (χ1n) is 9.72. The number of piperazine rings is 1. The molecular formula is C20H29N3OS. The van der Waals surface area contributed by atoms with Crippen LogP contribution < -0.4 is 0 Å². The van der Waals surface area contributed by atoms with Gasteiger partial charge in [0, 0.05) is 68.9 Å². The van der Waals surface area contributed by atoms with E-state index in [4.69, 9.17) is 0 Å². The summed E-state index contributed by atoms with van der Waals surface area (Å²) in [6, 6.07) is 9.12. The molecule has 0 spiro atoms. The van der Waals surface area contributed by atoms with E-state index in [2.05, 4.69) is 21.9 Å². The van der Waals surface area contributed by atoms with E-state index in [1.807, 2.05) is 28.8 Å². The van der Waals surface area contributed by atoms with Gasteiger partial charge in [0.2, 0.25) is 0 Å². The maximum atomic E-state index is 12.8. The fourth-order valence-corrected chi connectivity index (χ4v) is 4.97. The van der Waals surface area contributed by atoms with Gasteiger partial charge in [0.05, 0.1) is 0 Å². The first kappa shape index (κ1) is 17.4. The third kappa shape index (κ3) is 4.21. The Morgan fingerprint density at radius 2 is 1.64 bits per heavy atom. The molecule has 1 amide bonds. The van der Waals surface area contributed by atoms with Gasteiger partial charge in [0.1, 0.15) is 0 Å². The van der Waals surface area contributed by atoms with Gasteiger partial charge in [-0.15, -0.1) is 0 Å². The van der Waals surface area contributed by atoms with Crippen molar-refractivity contribution in [3.05, 3.63) is 35.4 Å². The molecule has 1 aromatic rings. The van der Waals surface area contributed by atoms with Gasteiger partial charge < -0.3 is 4.90 Å². The van der Waals surface area contributed by atoms with Gasteiger partial charge in [-0.05, 0) is 30.5 Å². The zero-order chi connectivity index (χ0) is 17.1. The second kappa shape index (κ2) is 8.11. The molecule has 3 fully saturated rings. The van der Waals surface area contributed by atoms with Gasteiger partial charge in [-0.2, -0.15) is 11.8 Å². The highest BCUT2D eigenvalue weighted by atomic mass is 32.2. The van der Waals surface area contributed by atoms with Crippen LogP contribution in [0.15, 0.2) is 24.3 Å². The normalized spacial score (nSPS) is 23.4. The van der Waals surface area contributed by atoms with Crippen molar-refractivity contribution in [3.8, 4) is 0 Å². The molecule has 0 unspecified atom stereocenters. The highest BCUT2D eigenvalue weighted by Gasteiger charge is 2.29. The number of rotatable bonds is 4. The summed E-state index contributed by atoms with van der Waals surface area (Å²) in [6.45, 7) is 7.20. The molecule has 2 heterocycles. The number of hydrogen-bond acceptors (Lipinski definition) is 4. The van der Waals surface area contributed by atoms with E-state index in [1.54, 1.807) is 0 Å². The predicted octanol–water partition coefficient (Wildman–Crippen LogP) is 2.55. The van der Waals surface area contributed by atoms with E-state index >= 15 is 0 Å². The van der Waals surface area contributed by atoms with Crippen molar-refractivity contribution >= 4 is 17.7 Å². The summed E-state index contributed by atoms with van der Waals surface area (Å²) in [5, 5.41) is 0. The quantitative estimate of drug-likeness (QED) is 0.825. The van der Waals surface area contributed by atoms with Crippen LogP contribution in [0.5, 0.6) is 0 Å². The van der Waals surface area contributed by atoms with Crippen molar-refractivity contribution < 1.29 is 4.79 Å². The molecular weight excluding hydrogens is 330 g/mol. The Hall–Kier alpha value is -1.04. The summed E-state index contributed by atoms with van der Waals surface area (Å²) in [6.07, 6.45) is 4.09. The maximum absolute atomic E-state index is 12.8. The summed E-state index contributed by atoms with van der Waals surface area (Å²) in [5.74, 6) is 2.68. The van der Waals surface area contributed by atoms with Crippen LogP contribution in [0.25, 0.3) is 0 Å². The van der Waals surface area contributed by atoms with Crippen LogP contribution >= 0.6 is 11.8 Å². The van der Waals surface area contributed by atoms with Gasteiger partial charge >= 0.3 is 0 Å². The Labute approximate surface area is 155 Å². The van der Waals surface area contributed by atoms with Crippen LogP contribution in [-0.2, 0) is 6.54 Å². The molecule has 0 atom stereocenters. The molecule has 1 aromatic carbocycles. The third-order valence-electron chi connectivity index (χ3n) is 5.90. The molecule has 1 aliphatic carbocycles. The van der Waals surface area contributed by atoms with Crippen molar-refractivity contribution in [2.45, 2.75) is 31.8 Å². The third-order valence-corrected chi connectivity index (χ3v) is 6.85. The standard InChI is InChI=1S/C20H29N3OS/c24-20(23-10-8-22(9-11-23)19-2-1-3-19)18-6-4-17(5-7-18)16-21-12-14-25-15-13-21/h4-7,19H,1-3,8-16H2. The molecule has 3 aliphatic rings. The molecule has 25 heavy (non-hydrogen) atoms. The Balaban J connectivity index is 1.29. The molecule has 0 aromatic heterocycles. The molecule has 4 nitrogen and oxygen atoms in total. The number of carbonyl (C=O) groups excluding carboxylic acids is 1. The minimum atomic E-state index is 0.203. The lowest BCUT2D eigenvalue weighted by Crippen LogP contribution is -2.53. The second-order valence-electron chi connectivity index (χ2n) is 7.50. The summed E-state index contributed by atoms with van der Waals surface area (Å²) in [4.78, 5) is 19.9. The van der Waals surface area contributed by atoms with Crippen LogP contribution in [-0.4, -0.2) is 77.4 Å². The molecule has 5 heteroatoms. The first-order valence-corrected chi connectivity index (χ1v) is 10.9. The van der Waals surface area contributed by atoms with Crippen LogP contribution in [0.3, 0.4) is 0 Å². The van der Waals surface area contributed by atoms with E-state index in [-0.39, 0.29) is 5.91 Å². The SMILES string of the molecule is O=C(c1ccc(CN2CCSCC2)cc1)N1CCN(C2CCC2)CC1. The number of thioether (sulfide) groups is 1. The summed E-state index contributed by atoms with van der Waals surface area (Å²) in [5.41, 5.74) is 2.16. The molecule has 1 saturated carbocycles. The zero-order valence-electron chi connectivity index (χ0n) is 15.0. The fraction of sp³-hybridized carbons (Fsp3) is 0.650. The Morgan fingerprint density at radius 3 is 2.24 bits per heavy atom. The van der Waals surface area contributed by atoms with Crippen LogP contribution in [0.2, 0.25) is 0 Å². The number of nitrogens with zero attached hydrogens (tertiary/aromatic N) is 3. The molecule has 2 aliphatic heterocycles. The molecule has 0 N–H and O–H groups in total. The van der Waals surface area contributed by atoms with Crippen molar-refractivity contribution in [2.24, 2.45) is 0 Å². The van der Waals surface area contributed by atoms with Gasteiger partial charge in [0.25, 0.3) is 5.91 Å². The number of benzene rings is 1. The maximum Gasteiger partial charge on any atom is 0.253 e.